The second-order valence-electron chi connectivity index (χ2n) is 13.9. The molecule has 340 valence electrons. The van der Waals surface area contributed by atoms with Crippen LogP contribution in [-0.4, -0.2) is 37.2 Å². The monoisotopic (exact) mass is 857 g/mol. The van der Waals surface area contributed by atoms with Gasteiger partial charge in [-0.3, -0.25) is 14.4 Å². The predicted octanol–water partition coefficient (Wildman–Crippen LogP) is 15.0. The summed E-state index contributed by atoms with van der Waals surface area (Å²) in [6.07, 6.45) is 76.8. The summed E-state index contributed by atoms with van der Waals surface area (Å²) in [4.78, 5) is 37.8. The summed E-state index contributed by atoms with van der Waals surface area (Å²) in [5, 5.41) is 0. The largest absolute Gasteiger partial charge is 0.462 e. The van der Waals surface area contributed by atoms with Crippen LogP contribution in [0.1, 0.15) is 111 Å². The number of allylic oxidation sites excluding steroid dienone is 34. The third-order valence-corrected chi connectivity index (χ3v) is 8.21. The van der Waals surface area contributed by atoms with E-state index in [0.29, 0.717) is 32.1 Å². The molecule has 0 aliphatic carbocycles. The first kappa shape index (κ1) is 57.0. The molecule has 0 heterocycles. The van der Waals surface area contributed by atoms with Crippen molar-refractivity contribution in [1.82, 2.24) is 0 Å². The number of rotatable bonds is 36. The summed E-state index contributed by atoms with van der Waals surface area (Å²) in [6, 6.07) is 0. The van der Waals surface area contributed by atoms with Gasteiger partial charge in [0.2, 0.25) is 0 Å². The van der Waals surface area contributed by atoms with Gasteiger partial charge in [0, 0.05) is 19.3 Å². The molecule has 0 aromatic rings. The van der Waals surface area contributed by atoms with E-state index in [2.05, 4.69) is 45.1 Å². The van der Waals surface area contributed by atoms with Crippen molar-refractivity contribution < 1.29 is 28.6 Å². The van der Waals surface area contributed by atoms with Crippen LogP contribution in [-0.2, 0) is 28.6 Å². The van der Waals surface area contributed by atoms with Gasteiger partial charge in [0.15, 0.2) is 6.10 Å². The van der Waals surface area contributed by atoms with Crippen molar-refractivity contribution in [3.8, 4) is 0 Å². The molecule has 63 heavy (non-hydrogen) atoms. The van der Waals surface area contributed by atoms with Crippen molar-refractivity contribution in [2.45, 2.75) is 117 Å². The first-order valence-corrected chi connectivity index (χ1v) is 22.8. The molecule has 0 aromatic carbocycles. The SMILES string of the molecule is CC/C=C/C=C/C=C/C=C/C=C/C=C/C=C/CCCCCC(=O)OCC(COC(=O)CCC/C=C/C=C/C=C/C=C/C=C/CC)OC(=O)CCC/C=C/C=C/C=C/C=C/C=C/CC. The molecule has 1 unspecified atom stereocenters. The van der Waals surface area contributed by atoms with E-state index in [4.69, 9.17) is 14.2 Å². The van der Waals surface area contributed by atoms with E-state index in [9.17, 15) is 14.4 Å². The topological polar surface area (TPSA) is 78.9 Å². The van der Waals surface area contributed by atoms with Crippen LogP contribution in [0.2, 0.25) is 0 Å². The van der Waals surface area contributed by atoms with Gasteiger partial charge >= 0.3 is 17.9 Å². The summed E-state index contributed by atoms with van der Waals surface area (Å²) in [7, 11) is 0. The molecule has 0 spiro atoms. The second kappa shape index (κ2) is 48.7. The van der Waals surface area contributed by atoms with Crippen LogP contribution in [0.4, 0.5) is 0 Å². The number of carbonyl (C=O) groups excluding carboxylic acids is 3. The number of hydrogen-bond acceptors (Lipinski definition) is 6. The third-order valence-electron chi connectivity index (χ3n) is 8.21. The second-order valence-corrected chi connectivity index (χ2v) is 13.9. The Morgan fingerprint density at radius 2 is 0.587 bits per heavy atom. The first-order chi connectivity index (χ1) is 31.0. The van der Waals surface area contributed by atoms with Crippen molar-refractivity contribution in [3.05, 3.63) is 207 Å². The molecule has 0 rings (SSSR count). The van der Waals surface area contributed by atoms with Gasteiger partial charge in [0.1, 0.15) is 13.2 Å². The van der Waals surface area contributed by atoms with Crippen molar-refractivity contribution in [2.24, 2.45) is 0 Å². The molecular weight excluding hydrogens is 781 g/mol. The Morgan fingerprint density at radius 3 is 0.921 bits per heavy atom. The van der Waals surface area contributed by atoms with Crippen LogP contribution in [0.5, 0.6) is 0 Å². The third kappa shape index (κ3) is 46.9. The highest BCUT2D eigenvalue weighted by Gasteiger charge is 2.19. The normalized spacial score (nSPS) is 14.0. The average Bonchev–Trinajstić information content (AvgIpc) is 3.28. The highest BCUT2D eigenvalue weighted by Crippen LogP contribution is 2.09. The van der Waals surface area contributed by atoms with Crippen molar-refractivity contribution in [3.63, 3.8) is 0 Å². The maximum atomic E-state index is 12.7. The van der Waals surface area contributed by atoms with Crippen LogP contribution >= 0.6 is 0 Å². The van der Waals surface area contributed by atoms with Gasteiger partial charge in [-0.1, -0.05) is 234 Å². The Kier molecular flexibility index (Phi) is 44.0. The molecule has 0 aliphatic rings. The van der Waals surface area contributed by atoms with Crippen LogP contribution in [0, 0.1) is 0 Å². The van der Waals surface area contributed by atoms with Crippen LogP contribution < -0.4 is 0 Å². The number of esters is 3. The number of ether oxygens (including phenoxy) is 3. The lowest BCUT2D eigenvalue weighted by atomic mass is 10.1. The minimum atomic E-state index is -0.876. The van der Waals surface area contributed by atoms with Gasteiger partial charge in [-0.05, 0) is 64.2 Å². The van der Waals surface area contributed by atoms with Crippen LogP contribution in [0.3, 0.4) is 0 Å². The van der Waals surface area contributed by atoms with Gasteiger partial charge in [0.05, 0.1) is 0 Å². The molecule has 0 saturated heterocycles. The minimum absolute atomic E-state index is 0.167. The molecule has 0 amide bonds. The molecule has 6 heteroatoms. The van der Waals surface area contributed by atoms with Gasteiger partial charge in [-0.25, -0.2) is 0 Å². The lowest BCUT2D eigenvalue weighted by Crippen LogP contribution is -2.30. The lowest BCUT2D eigenvalue weighted by Gasteiger charge is -2.18. The minimum Gasteiger partial charge on any atom is -0.462 e. The maximum Gasteiger partial charge on any atom is 0.306 e. The van der Waals surface area contributed by atoms with Gasteiger partial charge in [-0.2, -0.15) is 0 Å². The van der Waals surface area contributed by atoms with Gasteiger partial charge in [0.25, 0.3) is 0 Å². The fraction of sp³-hybridized carbons (Fsp3) is 0.351. The summed E-state index contributed by atoms with van der Waals surface area (Å²) in [5.74, 6) is -1.19. The zero-order valence-electron chi connectivity index (χ0n) is 38.5. The molecular formula is C57H76O6. The summed E-state index contributed by atoms with van der Waals surface area (Å²) in [6.45, 7) is 5.97. The number of carbonyl (C=O) groups is 3. The molecule has 0 aromatic heterocycles. The molecule has 0 bridgehead atoms. The predicted molar refractivity (Wildman–Crippen MR) is 269 cm³/mol. The Morgan fingerprint density at radius 1 is 0.317 bits per heavy atom. The highest BCUT2D eigenvalue weighted by atomic mass is 16.6. The maximum absolute atomic E-state index is 12.7. The number of hydrogen-bond donors (Lipinski definition) is 0. The molecule has 0 N–H and O–H groups in total. The number of unbranched alkanes of at least 4 members (excludes halogenated alkanes) is 5. The van der Waals surface area contributed by atoms with E-state index in [1.807, 2.05) is 182 Å². The molecule has 0 aliphatic heterocycles. The molecule has 0 radical (unpaired) electrons. The quantitative estimate of drug-likeness (QED) is 0.0270. The standard InChI is InChI=1S/C57H76O6/c1-4-7-10-13-16-19-22-25-26-27-28-29-30-33-35-38-41-44-47-50-56(59)62-53-54(63-57(60)51-48-45-42-39-36-32-24-21-18-15-12-9-6-3)52-61-55(58)49-46-43-40-37-34-31-23-20-17-14-11-8-5-2/h7-37,39-40,42,54H,4-6,38,41,43-53H2,1-3H3/b10-7+,11-8+,12-9+,16-13+,17-14+,18-15+,22-19+,23-20+,24-21+,26-25+,28-27+,30-29+,34-31+,35-33+,36-32+,40-37+,42-39+. The molecule has 1 atom stereocenters. The van der Waals surface area contributed by atoms with Crippen molar-refractivity contribution >= 4 is 17.9 Å². The fourth-order valence-corrected chi connectivity index (χ4v) is 4.89. The summed E-state index contributed by atoms with van der Waals surface area (Å²) in [5.41, 5.74) is 0. The van der Waals surface area contributed by atoms with E-state index < -0.39 is 18.0 Å². The molecule has 0 saturated carbocycles. The van der Waals surface area contributed by atoms with E-state index in [1.165, 1.54) is 0 Å². The van der Waals surface area contributed by atoms with Crippen LogP contribution in [0.15, 0.2) is 207 Å². The molecule has 0 fully saturated rings. The Hall–Kier alpha value is -6.01. The average molecular weight is 857 g/mol. The van der Waals surface area contributed by atoms with E-state index in [1.54, 1.807) is 0 Å². The summed E-state index contributed by atoms with van der Waals surface area (Å²) >= 11 is 0. The van der Waals surface area contributed by atoms with Crippen molar-refractivity contribution in [2.75, 3.05) is 13.2 Å². The van der Waals surface area contributed by atoms with E-state index >= 15 is 0 Å². The first-order valence-electron chi connectivity index (χ1n) is 22.8. The van der Waals surface area contributed by atoms with E-state index in [0.717, 1.165) is 38.5 Å². The molecule has 6 nitrogen and oxygen atoms in total. The van der Waals surface area contributed by atoms with E-state index in [-0.39, 0.29) is 38.4 Å². The summed E-state index contributed by atoms with van der Waals surface area (Å²) < 4.78 is 16.5. The Bertz CT molecular complexity index is 1690. The van der Waals surface area contributed by atoms with Crippen molar-refractivity contribution in [1.29, 1.82) is 0 Å². The zero-order chi connectivity index (χ0) is 45.8. The van der Waals surface area contributed by atoms with Gasteiger partial charge < -0.3 is 14.2 Å². The highest BCUT2D eigenvalue weighted by molar-refractivity contribution is 5.71. The smallest absolute Gasteiger partial charge is 0.306 e. The Balaban J connectivity index is 4.75. The lowest BCUT2D eigenvalue weighted by molar-refractivity contribution is -0.167. The fourth-order valence-electron chi connectivity index (χ4n) is 4.89. The Labute approximate surface area is 381 Å². The van der Waals surface area contributed by atoms with Gasteiger partial charge in [-0.15, -0.1) is 0 Å². The van der Waals surface area contributed by atoms with Crippen LogP contribution in [0.25, 0.3) is 0 Å². The zero-order valence-corrected chi connectivity index (χ0v) is 38.5.